The highest BCUT2D eigenvalue weighted by molar-refractivity contribution is 6.30. The van der Waals surface area contributed by atoms with Crippen LogP contribution in [0.15, 0.2) is 48.5 Å². The van der Waals surface area contributed by atoms with Crippen molar-refractivity contribution in [2.24, 2.45) is 0 Å². The molecule has 106 valence electrons. The normalized spacial score (nSPS) is 12.2. The highest BCUT2D eigenvalue weighted by Gasteiger charge is 2.10. The van der Waals surface area contributed by atoms with Crippen molar-refractivity contribution >= 4 is 11.6 Å². The van der Waals surface area contributed by atoms with Crippen LogP contribution >= 0.6 is 11.6 Å². The summed E-state index contributed by atoms with van der Waals surface area (Å²) in [6.45, 7) is 2.75. The highest BCUT2D eigenvalue weighted by atomic mass is 35.5. The maximum Gasteiger partial charge on any atom is 0.119 e. The topological polar surface area (TPSA) is 21.3 Å². The first-order valence-corrected chi connectivity index (χ1v) is 7.25. The Morgan fingerprint density at radius 2 is 1.90 bits per heavy atom. The predicted molar refractivity (Wildman–Crippen MR) is 84.6 cm³/mol. The minimum absolute atomic E-state index is 0.178. The number of halogens is 1. The van der Waals surface area contributed by atoms with Crippen LogP contribution in [0.25, 0.3) is 0 Å². The van der Waals surface area contributed by atoms with Crippen LogP contribution in [0.5, 0.6) is 5.75 Å². The van der Waals surface area contributed by atoms with E-state index in [0.29, 0.717) is 6.61 Å². The third-order valence-electron chi connectivity index (χ3n) is 3.34. The highest BCUT2D eigenvalue weighted by Crippen LogP contribution is 2.19. The van der Waals surface area contributed by atoms with Crippen LogP contribution in [0.4, 0.5) is 0 Å². The lowest BCUT2D eigenvalue weighted by Gasteiger charge is -2.18. The number of ether oxygens (including phenoxy) is 1. The molecule has 1 atom stereocenters. The first kappa shape index (κ1) is 14.9. The first-order chi connectivity index (χ1) is 9.72. The van der Waals surface area contributed by atoms with E-state index in [0.717, 1.165) is 17.2 Å². The molecule has 0 radical (unpaired) electrons. The molecule has 0 spiro atoms. The second kappa shape index (κ2) is 7.32. The number of likely N-dealkylation sites (N-methyl/N-ethyl adjacent to an activating group) is 1. The molecule has 2 aromatic rings. The molecule has 2 aromatic carbocycles. The van der Waals surface area contributed by atoms with Crippen LogP contribution in [0.2, 0.25) is 5.02 Å². The average molecular weight is 290 g/mol. The lowest BCUT2D eigenvalue weighted by molar-refractivity contribution is 0.273. The van der Waals surface area contributed by atoms with Crippen LogP contribution in [0.3, 0.4) is 0 Å². The molecule has 20 heavy (non-hydrogen) atoms. The van der Waals surface area contributed by atoms with Gasteiger partial charge in [0, 0.05) is 5.02 Å². The van der Waals surface area contributed by atoms with E-state index in [4.69, 9.17) is 16.3 Å². The Morgan fingerprint density at radius 3 is 2.55 bits per heavy atom. The predicted octanol–water partition coefficient (Wildman–Crippen LogP) is 4.24. The van der Waals surface area contributed by atoms with Crippen molar-refractivity contribution < 1.29 is 4.74 Å². The van der Waals surface area contributed by atoms with E-state index in [9.17, 15) is 0 Å². The fraction of sp³-hybridized carbons (Fsp3) is 0.294. The van der Waals surface area contributed by atoms with E-state index >= 15 is 0 Å². The van der Waals surface area contributed by atoms with Crippen molar-refractivity contribution in [2.45, 2.75) is 19.4 Å². The average Bonchev–Trinajstić information content (AvgIpc) is 2.50. The summed E-state index contributed by atoms with van der Waals surface area (Å²) in [6.07, 6.45) is 1.04. The molecule has 2 nitrogen and oxygen atoms in total. The van der Waals surface area contributed by atoms with Gasteiger partial charge in [-0.25, -0.2) is 0 Å². The monoisotopic (exact) mass is 289 g/mol. The van der Waals surface area contributed by atoms with Gasteiger partial charge >= 0.3 is 0 Å². The van der Waals surface area contributed by atoms with Gasteiger partial charge in [0.25, 0.3) is 0 Å². The number of hydrogen-bond donors (Lipinski definition) is 1. The Morgan fingerprint density at radius 1 is 1.15 bits per heavy atom. The van der Waals surface area contributed by atoms with Gasteiger partial charge in [0.2, 0.25) is 0 Å². The molecule has 0 aliphatic carbocycles. The molecule has 0 bridgehead atoms. The van der Waals surface area contributed by atoms with Crippen molar-refractivity contribution in [1.82, 2.24) is 5.32 Å². The minimum Gasteiger partial charge on any atom is -0.492 e. The Hall–Kier alpha value is -1.51. The molecule has 0 heterocycles. The van der Waals surface area contributed by atoms with E-state index in [1.54, 1.807) is 0 Å². The van der Waals surface area contributed by atoms with Crippen molar-refractivity contribution in [3.05, 3.63) is 64.7 Å². The van der Waals surface area contributed by atoms with E-state index in [2.05, 4.69) is 36.5 Å². The summed E-state index contributed by atoms with van der Waals surface area (Å²) in [5.74, 6) is 0.835. The second-order valence-corrected chi connectivity index (χ2v) is 5.14. The molecule has 0 amide bonds. The van der Waals surface area contributed by atoms with Crippen LogP contribution in [-0.2, 0) is 6.42 Å². The van der Waals surface area contributed by atoms with Crippen molar-refractivity contribution in [1.29, 1.82) is 0 Å². The van der Waals surface area contributed by atoms with Crippen LogP contribution in [0, 0.1) is 0 Å². The molecular formula is C17H20ClNO. The van der Waals surface area contributed by atoms with Crippen molar-refractivity contribution in [3.8, 4) is 5.75 Å². The number of aryl methyl sites for hydroxylation is 1. The van der Waals surface area contributed by atoms with E-state index in [1.807, 2.05) is 31.3 Å². The fourth-order valence-electron chi connectivity index (χ4n) is 2.09. The smallest absolute Gasteiger partial charge is 0.119 e. The quantitative estimate of drug-likeness (QED) is 0.859. The van der Waals surface area contributed by atoms with Crippen molar-refractivity contribution in [3.63, 3.8) is 0 Å². The van der Waals surface area contributed by atoms with Gasteiger partial charge < -0.3 is 10.1 Å². The Kier molecular flexibility index (Phi) is 5.45. The molecular weight excluding hydrogens is 270 g/mol. The van der Waals surface area contributed by atoms with Gasteiger partial charge in [0.1, 0.15) is 12.4 Å². The lowest BCUT2D eigenvalue weighted by Crippen LogP contribution is -2.23. The molecule has 1 unspecified atom stereocenters. The maximum atomic E-state index is 5.86. The third-order valence-corrected chi connectivity index (χ3v) is 3.59. The van der Waals surface area contributed by atoms with Gasteiger partial charge in [-0.2, -0.15) is 0 Å². The summed E-state index contributed by atoms with van der Waals surface area (Å²) in [6, 6.07) is 16.2. The first-order valence-electron chi connectivity index (χ1n) is 6.87. The zero-order valence-corrected chi connectivity index (χ0v) is 12.7. The lowest BCUT2D eigenvalue weighted by atomic mass is 10.0. The van der Waals surface area contributed by atoms with Crippen LogP contribution in [-0.4, -0.2) is 13.7 Å². The molecule has 0 aliphatic rings. The Labute approximate surface area is 125 Å². The van der Waals surface area contributed by atoms with E-state index in [-0.39, 0.29) is 6.04 Å². The summed E-state index contributed by atoms with van der Waals surface area (Å²) in [7, 11) is 1.95. The summed E-state index contributed by atoms with van der Waals surface area (Å²) >= 11 is 5.86. The zero-order chi connectivity index (χ0) is 14.4. The molecule has 0 saturated carbocycles. The van der Waals surface area contributed by atoms with E-state index in [1.165, 1.54) is 11.1 Å². The fourth-order valence-corrected chi connectivity index (χ4v) is 2.21. The van der Waals surface area contributed by atoms with Crippen LogP contribution in [0.1, 0.15) is 24.1 Å². The Bertz CT molecular complexity index is 539. The minimum atomic E-state index is 0.178. The maximum absolute atomic E-state index is 5.86. The molecule has 0 saturated heterocycles. The number of benzene rings is 2. The molecule has 0 aliphatic heterocycles. The largest absolute Gasteiger partial charge is 0.492 e. The molecule has 1 N–H and O–H groups in total. The number of hydrogen-bond acceptors (Lipinski definition) is 2. The molecule has 3 heteroatoms. The third kappa shape index (κ3) is 3.99. The van der Waals surface area contributed by atoms with Crippen molar-refractivity contribution in [2.75, 3.05) is 13.7 Å². The van der Waals surface area contributed by atoms with Gasteiger partial charge in [0.05, 0.1) is 6.04 Å². The summed E-state index contributed by atoms with van der Waals surface area (Å²) in [5.41, 5.74) is 2.59. The summed E-state index contributed by atoms with van der Waals surface area (Å²) in [4.78, 5) is 0. The number of nitrogens with one attached hydrogen (secondary N) is 1. The standard InChI is InChI=1S/C17H20ClNO/c1-3-13-5-4-6-14(11-13)17(19-2)12-20-16-9-7-15(18)8-10-16/h4-11,17,19H,3,12H2,1-2H3. The van der Waals surface area contributed by atoms with Gasteiger partial charge in [-0.05, 0) is 48.9 Å². The zero-order valence-electron chi connectivity index (χ0n) is 11.9. The van der Waals surface area contributed by atoms with Gasteiger partial charge in [-0.3, -0.25) is 0 Å². The Balaban J connectivity index is 2.03. The van der Waals surface area contributed by atoms with Crippen LogP contribution < -0.4 is 10.1 Å². The van der Waals surface area contributed by atoms with Gasteiger partial charge in [-0.1, -0.05) is 42.8 Å². The number of rotatable bonds is 6. The molecule has 0 fully saturated rings. The summed E-state index contributed by atoms with van der Waals surface area (Å²) in [5, 5.41) is 4.02. The van der Waals surface area contributed by atoms with Gasteiger partial charge in [0.15, 0.2) is 0 Å². The molecule has 0 aromatic heterocycles. The molecule has 2 rings (SSSR count). The van der Waals surface area contributed by atoms with E-state index < -0.39 is 0 Å². The SMILES string of the molecule is CCc1cccc(C(COc2ccc(Cl)cc2)NC)c1. The van der Waals surface area contributed by atoms with Gasteiger partial charge in [-0.15, -0.1) is 0 Å². The summed E-state index contributed by atoms with van der Waals surface area (Å²) < 4.78 is 5.82. The second-order valence-electron chi connectivity index (χ2n) is 4.70.